The number of hydrogen-bond donors (Lipinski definition) is 0. The van der Waals surface area contributed by atoms with Crippen molar-refractivity contribution >= 4 is 73.9 Å². The van der Waals surface area contributed by atoms with Gasteiger partial charge in [-0.15, -0.1) is 22.7 Å². The van der Waals surface area contributed by atoms with Crippen LogP contribution in [0.3, 0.4) is 0 Å². The van der Waals surface area contributed by atoms with E-state index in [0.717, 1.165) is 5.52 Å². The van der Waals surface area contributed by atoms with Gasteiger partial charge in [0.2, 0.25) is 0 Å². The minimum Gasteiger partial charge on any atom is -0.255 e. The van der Waals surface area contributed by atoms with E-state index in [0.29, 0.717) is 0 Å². The third-order valence-corrected chi connectivity index (χ3v) is 7.04. The molecule has 0 spiro atoms. The van der Waals surface area contributed by atoms with Gasteiger partial charge in [0.25, 0.3) is 0 Å². The Kier molecular flexibility index (Phi) is 2.43. The van der Waals surface area contributed by atoms with E-state index in [1.54, 1.807) is 0 Å². The highest BCUT2D eigenvalue weighted by Crippen LogP contribution is 2.44. The highest BCUT2D eigenvalue weighted by molar-refractivity contribution is 7.29. The molecule has 0 aliphatic carbocycles. The van der Waals surface area contributed by atoms with Crippen LogP contribution in [-0.2, 0) is 0 Å². The summed E-state index contributed by atoms with van der Waals surface area (Å²) in [4.78, 5) is 4.79. The fraction of sp³-hybridized carbons (Fsp3) is 0. The molecule has 0 fully saturated rings. The zero-order valence-electron chi connectivity index (χ0n) is 12.6. The smallest absolute Gasteiger partial charge is 0.0809 e. The van der Waals surface area contributed by atoms with Crippen LogP contribution in [0, 0.1) is 0 Å². The van der Waals surface area contributed by atoms with Crippen molar-refractivity contribution in [3.8, 4) is 0 Å². The van der Waals surface area contributed by atoms with Gasteiger partial charge in [0.1, 0.15) is 0 Å². The summed E-state index contributed by atoms with van der Waals surface area (Å²) in [5.74, 6) is 0. The number of aromatic nitrogens is 1. The molecule has 0 aliphatic rings. The zero-order chi connectivity index (χ0) is 15.7. The maximum Gasteiger partial charge on any atom is 0.0809 e. The van der Waals surface area contributed by atoms with Gasteiger partial charge < -0.3 is 0 Å². The first-order chi connectivity index (χ1) is 11.9. The Morgan fingerprint density at radius 3 is 2.42 bits per heavy atom. The molecule has 0 amide bonds. The van der Waals surface area contributed by atoms with Crippen LogP contribution in [-0.4, -0.2) is 4.98 Å². The number of hydrogen-bond acceptors (Lipinski definition) is 3. The van der Waals surface area contributed by atoms with E-state index in [1.807, 2.05) is 28.9 Å². The molecule has 0 N–H and O–H groups in total. The SMILES string of the molecule is c1ccc2c(c1)ccc1c3nccc4sc5cccc(sc21)c5c43. The molecule has 0 radical (unpaired) electrons. The van der Waals surface area contributed by atoms with E-state index in [1.165, 1.54) is 45.7 Å². The molecule has 0 atom stereocenters. The lowest BCUT2D eigenvalue weighted by Crippen LogP contribution is -1.78. The van der Waals surface area contributed by atoms with Crippen LogP contribution >= 0.6 is 22.7 Å². The van der Waals surface area contributed by atoms with Crippen molar-refractivity contribution in [2.24, 2.45) is 0 Å². The first kappa shape index (κ1) is 12.9. The number of nitrogens with zero attached hydrogens (tertiary/aromatic N) is 1. The van der Waals surface area contributed by atoms with Gasteiger partial charge in [-0.3, -0.25) is 4.98 Å². The lowest BCUT2D eigenvalue weighted by Gasteiger charge is -2.02. The molecule has 6 rings (SSSR count). The quantitative estimate of drug-likeness (QED) is 0.291. The van der Waals surface area contributed by atoms with Gasteiger partial charge in [-0.05, 0) is 29.0 Å². The molecule has 1 nitrogen and oxygen atoms in total. The number of pyridine rings is 1. The van der Waals surface area contributed by atoms with E-state index >= 15 is 0 Å². The van der Waals surface area contributed by atoms with Gasteiger partial charge in [0.05, 0.1) is 5.52 Å². The molecule has 3 heterocycles. The summed E-state index contributed by atoms with van der Waals surface area (Å²) in [7, 11) is 0. The third-order valence-electron chi connectivity index (χ3n) is 4.72. The average molecular weight is 341 g/mol. The molecule has 3 heteroatoms. The van der Waals surface area contributed by atoms with Crippen molar-refractivity contribution < 1.29 is 0 Å². The van der Waals surface area contributed by atoms with Crippen LogP contribution in [0.2, 0.25) is 0 Å². The molecule has 6 aromatic rings. The summed E-state index contributed by atoms with van der Waals surface area (Å²) in [5.41, 5.74) is 1.12. The molecule has 24 heavy (non-hydrogen) atoms. The second kappa shape index (κ2) is 4.53. The molecule has 0 saturated carbocycles. The molecule has 0 aliphatic heterocycles. The van der Waals surface area contributed by atoms with Gasteiger partial charge in [-0.2, -0.15) is 0 Å². The third kappa shape index (κ3) is 1.56. The number of rotatable bonds is 0. The van der Waals surface area contributed by atoms with Crippen LogP contribution in [0.4, 0.5) is 0 Å². The maximum absolute atomic E-state index is 4.79. The monoisotopic (exact) mass is 341 g/mol. The van der Waals surface area contributed by atoms with E-state index in [9.17, 15) is 0 Å². The topological polar surface area (TPSA) is 12.9 Å². The molecule has 112 valence electrons. The Balaban J connectivity index is 2.08. The summed E-state index contributed by atoms with van der Waals surface area (Å²) in [6.45, 7) is 0. The second-order valence-corrected chi connectivity index (χ2v) is 8.17. The van der Waals surface area contributed by atoms with Crippen LogP contribution in [0.25, 0.3) is 51.2 Å². The average Bonchev–Trinajstić information content (AvgIpc) is 2.94. The summed E-state index contributed by atoms with van der Waals surface area (Å²) in [5, 5.41) is 6.53. The first-order valence-corrected chi connectivity index (χ1v) is 9.54. The van der Waals surface area contributed by atoms with E-state index in [4.69, 9.17) is 4.98 Å². The molecule has 3 aromatic heterocycles. The van der Waals surface area contributed by atoms with Crippen LogP contribution in [0.1, 0.15) is 0 Å². The molecular weight excluding hydrogens is 330 g/mol. The summed E-state index contributed by atoms with van der Waals surface area (Å²) in [6, 6.07) is 21.9. The van der Waals surface area contributed by atoms with Crippen LogP contribution in [0.5, 0.6) is 0 Å². The highest BCUT2D eigenvalue weighted by atomic mass is 32.1. The highest BCUT2D eigenvalue weighted by Gasteiger charge is 2.14. The fourth-order valence-corrected chi connectivity index (χ4v) is 6.11. The van der Waals surface area contributed by atoms with Crippen molar-refractivity contribution in [3.05, 3.63) is 66.9 Å². The normalized spacial score (nSPS) is 12.2. The molecule has 0 saturated heterocycles. The standard InChI is InChI=1S/C21H11NS2/c1-2-5-13-12(4-1)8-9-14-20-19-17(10-11-22-20)23-15-6-3-7-16(18(15)19)24-21(13)14/h1-11H. The summed E-state index contributed by atoms with van der Waals surface area (Å²) in [6.07, 6.45) is 1.95. The van der Waals surface area contributed by atoms with Gasteiger partial charge in [-0.1, -0.05) is 42.5 Å². The lowest BCUT2D eigenvalue weighted by molar-refractivity contribution is 1.45. The fourth-order valence-electron chi connectivity index (χ4n) is 3.67. The van der Waals surface area contributed by atoms with Crippen molar-refractivity contribution in [2.45, 2.75) is 0 Å². The van der Waals surface area contributed by atoms with Gasteiger partial charge in [-0.25, -0.2) is 0 Å². The van der Waals surface area contributed by atoms with Crippen molar-refractivity contribution in [3.63, 3.8) is 0 Å². The Bertz CT molecular complexity index is 1410. The van der Waals surface area contributed by atoms with Gasteiger partial charge in [0, 0.05) is 41.2 Å². The zero-order valence-corrected chi connectivity index (χ0v) is 14.2. The molecule has 0 bridgehead atoms. The van der Waals surface area contributed by atoms with E-state index < -0.39 is 0 Å². The number of benzene rings is 3. The van der Waals surface area contributed by atoms with Crippen molar-refractivity contribution in [1.82, 2.24) is 4.98 Å². The molecular formula is C21H11NS2. The number of thiophene rings is 1. The van der Waals surface area contributed by atoms with Crippen molar-refractivity contribution in [1.29, 1.82) is 0 Å². The Morgan fingerprint density at radius 1 is 0.625 bits per heavy atom. The Hall–Kier alpha value is -2.49. The van der Waals surface area contributed by atoms with Gasteiger partial charge in [0.15, 0.2) is 0 Å². The first-order valence-electron chi connectivity index (χ1n) is 7.90. The molecule has 0 unspecified atom stereocenters. The second-order valence-electron chi connectivity index (χ2n) is 6.03. The summed E-state index contributed by atoms with van der Waals surface area (Å²) >= 11 is 3.75. The largest absolute Gasteiger partial charge is 0.255 e. The minimum absolute atomic E-state index is 1.12. The van der Waals surface area contributed by atoms with Crippen LogP contribution < -0.4 is 0 Å². The van der Waals surface area contributed by atoms with Crippen molar-refractivity contribution in [2.75, 3.05) is 0 Å². The Morgan fingerprint density at radius 2 is 1.46 bits per heavy atom. The van der Waals surface area contributed by atoms with E-state index in [2.05, 4.69) is 60.7 Å². The minimum atomic E-state index is 1.12. The maximum atomic E-state index is 4.79. The van der Waals surface area contributed by atoms with Gasteiger partial charge >= 0.3 is 0 Å². The molecule has 3 aromatic carbocycles. The van der Waals surface area contributed by atoms with Crippen LogP contribution in [0.15, 0.2) is 66.9 Å². The summed E-state index contributed by atoms with van der Waals surface area (Å²) < 4.78 is 5.33. The predicted molar refractivity (Wildman–Crippen MR) is 108 cm³/mol. The lowest BCUT2D eigenvalue weighted by atomic mass is 10.1. The predicted octanol–water partition coefficient (Wildman–Crippen LogP) is 6.97. The van der Waals surface area contributed by atoms with E-state index in [-0.39, 0.29) is 0 Å². The Labute approximate surface area is 145 Å². The number of fused-ring (bicyclic) bond motifs is 4.